The summed E-state index contributed by atoms with van der Waals surface area (Å²) in [6.45, 7) is 4.57. The number of rotatable bonds is 7. The van der Waals surface area contributed by atoms with Crippen LogP contribution in [0.2, 0.25) is 0 Å². The average Bonchev–Trinajstić information content (AvgIpc) is 3.00. The fourth-order valence-electron chi connectivity index (χ4n) is 2.08. The molecule has 1 aromatic carbocycles. The number of aromatic nitrogens is 1. The third-order valence-electron chi connectivity index (χ3n) is 3.49. The lowest BCUT2D eigenvalue weighted by Crippen LogP contribution is -2.23. The number of hydrogen-bond acceptors (Lipinski definition) is 4. The Morgan fingerprint density at radius 2 is 1.96 bits per heavy atom. The van der Waals surface area contributed by atoms with Crippen LogP contribution < -0.4 is 5.32 Å². The number of nitrogens with one attached hydrogen (secondary N) is 1. The molecule has 0 aliphatic heterocycles. The maximum absolute atomic E-state index is 11.9. The lowest BCUT2D eigenvalue weighted by atomic mass is 10.0. The molecule has 1 amide bonds. The molecule has 23 heavy (non-hydrogen) atoms. The van der Waals surface area contributed by atoms with Gasteiger partial charge in [-0.1, -0.05) is 38.1 Å². The van der Waals surface area contributed by atoms with Gasteiger partial charge in [-0.05, 0) is 23.5 Å². The van der Waals surface area contributed by atoms with Crippen molar-refractivity contribution in [2.45, 2.75) is 39.2 Å². The van der Waals surface area contributed by atoms with Crippen molar-refractivity contribution in [3.8, 4) is 0 Å². The van der Waals surface area contributed by atoms with Crippen LogP contribution in [-0.2, 0) is 17.8 Å². The molecule has 5 nitrogen and oxygen atoms in total. The Hall–Kier alpha value is -2.21. The zero-order chi connectivity index (χ0) is 16.8. The molecule has 2 N–H and O–H groups in total. The summed E-state index contributed by atoms with van der Waals surface area (Å²) in [5.74, 6) is -0.616. The van der Waals surface area contributed by atoms with Crippen molar-refractivity contribution in [2.75, 3.05) is 0 Å². The van der Waals surface area contributed by atoms with E-state index in [-0.39, 0.29) is 18.1 Å². The summed E-state index contributed by atoms with van der Waals surface area (Å²) < 4.78 is 0. The van der Waals surface area contributed by atoms with E-state index >= 15 is 0 Å². The standard InChI is InChI=1S/C17H20N2O3S/c1-11(2)13-6-3-12(4-7-13)5-8-15(20)18-9-16-19-14(10-23-16)17(21)22/h3-4,6-7,10-11H,5,8-9H2,1-2H3,(H,18,20)(H,21,22). The molecule has 2 rings (SSSR count). The van der Waals surface area contributed by atoms with Gasteiger partial charge in [-0.3, -0.25) is 4.79 Å². The number of nitrogens with zero attached hydrogens (tertiary/aromatic N) is 1. The Morgan fingerprint density at radius 1 is 1.26 bits per heavy atom. The molecule has 0 spiro atoms. The summed E-state index contributed by atoms with van der Waals surface area (Å²) in [4.78, 5) is 26.5. The van der Waals surface area contributed by atoms with E-state index in [0.717, 1.165) is 5.56 Å². The van der Waals surface area contributed by atoms with Gasteiger partial charge in [0.05, 0.1) is 6.54 Å². The lowest BCUT2D eigenvalue weighted by Gasteiger charge is -2.07. The van der Waals surface area contributed by atoms with Crippen LogP contribution in [0.3, 0.4) is 0 Å². The van der Waals surface area contributed by atoms with Crippen LogP contribution in [0.4, 0.5) is 0 Å². The summed E-state index contributed by atoms with van der Waals surface area (Å²) >= 11 is 1.23. The number of hydrogen-bond donors (Lipinski definition) is 2. The van der Waals surface area contributed by atoms with E-state index in [1.54, 1.807) is 0 Å². The number of carboxylic acid groups (broad SMARTS) is 1. The fourth-order valence-corrected chi connectivity index (χ4v) is 2.79. The van der Waals surface area contributed by atoms with Crippen LogP contribution in [0, 0.1) is 0 Å². The van der Waals surface area contributed by atoms with Crippen LogP contribution in [0.15, 0.2) is 29.6 Å². The highest BCUT2D eigenvalue weighted by Crippen LogP contribution is 2.15. The number of aryl methyl sites for hydroxylation is 1. The summed E-state index contributed by atoms with van der Waals surface area (Å²) in [5.41, 5.74) is 2.44. The molecule has 6 heteroatoms. The van der Waals surface area contributed by atoms with Crippen LogP contribution in [0.5, 0.6) is 0 Å². The first-order valence-electron chi connectivity index (χ1n) is 7.49. The molecule has 2 aromatic rings. The third-order valence-corrected chi connectivity index (χ3v) is 4.34. The number of thiazole rings is 1. The van der Waals surface area contributed by atoms with Crippen molar-refractivity contribution >= 4 is 23.2 Å². The van der Waals surface area contributed by atoms with E-state index in [9.17, 15) is 9.59 Å². The number of carbonyl (C=O) groups is 2. The predicted molar refractivity (Wildman–Crippen MR) is 89.8 cm³/mol. The summed E-state index contributed by atoms with van der Waals surface area (Å²) in [6, 6.07) is 8.31. The maximum atomic E-state index is 11.9. The van der Waals surface area contributed by atoms with Gasteiger partial charge >= 0.3 is 5.97 Å². The molecule has 1 aromatic heterocycles. The van der Waals surface area contributed by atoms with Crippen LogP contribution in [-0.4, -0.2) is 22.0 Å². The fraction of sp³-hybridized carbons (Fsp3) is 0.353. The van der Waals surface area contributed by atoms with E-state index in [1.807, 2.05) is 0 Å². The lowest BCUT2D eigenvalue weighted by molar-refractivity contribution is -0.121. The molecule has 0 atom stereocenters. The van der Waals surface area contributed by atoms with Gasteiger partial charge in [-0.15, -0.1) is 11.3 Å². The Kier molecular flexibility index (Phi) is 5.87. The number of aromatic carboxylic acids is 1. The molecule has 0 aliphatic rings. The third kappa shape index (κ3) is 5.17. The van der Waals surface area contributed by atoms with Gasteiger partial charge in [0.2, 0.25) is 5.91 Å². The molecule has 0 unspecified atom stereocenters. The Balaban J connectivity index is 1.77. The van der Waals surface area contributed by atoms with Gasteiger partial charge < -0.3 is 10.4 Å². The van der Waals surface area contributed by atoms with Crippen molar-refractivity contribution in [1.29, 1.82) is 0 Å². The highest BCUT2D eigenvalue weighted by atomic mass is 32.1. The quantitative estimate of drug-likeness (QED) is 0.816. The normalized spacial score (nSPS) is 10.7. The zero-order valence-corrected chi connectivity index (χ0v) is 14.0. The molecule has 1 heterocycles. The van der Waals surface area contributed by atoms with E-state index in [1.165, 1.54) is 22.3 Å². The highest BCUT2D eigenvalue weighted by molar-refractivity contribution is 7.09. The van der Waals surface area contributed by atoms with Gasteiger partial charge in [0.25, 0.3) is 0 Å². The van der Waals surface area contributed by atoms with Crippen molar-refractivity contribution in [3.05, 3.63) is 51.5 Å². The minimum absolute atomic E-state index is 0.0180. The first-order valence-corrected chi connectivity index (χ1v) is 8.37. The summed E-state index contributed by atoms with van der Waals surface area (Å²) in [6.07, 6.45) is 1.08. The van der Waals surface area contributed by atoms with Crippen molar-refractivity contribution in [2.24, 2.45) is 0 Å². The number of carbonyl (C=O) groups excluding carboxylic acids is 1. The minimum Gasteiger partial charge on any atom is -0.476 e. The molecule has 0 aliphatic carbocycles. The van der Waals surface area contributed by atoms with Crippen LogP contribution >= 0.6 is 11.3 Å². The van der Waals surface area contributed by atoms with Gasteiger partial charge in [-0.2, -0.15) is 0 Å². The minimum atomic E-state index is -1.05. The monoisotopic (exact) mass is 332 g/mol. The predicted octanol–water partition coefficient (Wildman–Crippen LogP) is 3.21. The van der Waals surface area contributed by atoms with Crippen molar-refractivity contribution in [1.82, 2.24) is 10.3 Å². The SMILES string of the molecule is CC(C)c1ccc(CCC(=O)NCc2nc(C(=O)O)cs2)cc1. The first kappa shape index (κ1) is 17.1. The summed E-state index contributed by atoms with van der Waals surface area (Å²) in [7, 11) is 0. The van der Waals surface area contributed by atoms with Gasteiger partial charge in [-0.25, -0.2) is 9.78 Å². The van der Waals surface area contributed by atoms with E-state index in [0.29, 0.717) is 23.8 Å². The largest absolute Gasteiger partial charge is 0.476 e. The molecule has 122 valence electrons. The van der Waals surface area contributed by atoms with Crippen molar-refractivity contribution in [3.63, 3.8) is 0 Å². The van der Waals surface area contributed by atoms with E-state index < -0.39 is 5.97 Å². The molecule has 0 saturated heterocycles. The van der Waals surface area contributed by atoms with Gasteiger partial charge in [0, 0.05) is 11.8 Å². The van der Waals surface area contributed by atoms with Gasteiger partial charge in [0.1, 0.15) is 5.01 Å². The molecule has 0 bridgehead atoms. The highest BCUT2D eigenvalue weighted by Gasteiger charge is 2.09. The van der Waals surface area contributed by atoms with Crippen molar-refractivity contribution < 1.29 is 14.7 Å². The number of benzene rings is 1. The smallest absolute Gasteiger partial charge is 0.355 e. The van der Waals surface area contributed by atoms with Crippen LogP contribution in [0.25, 0.3) is 0 Å². The number of amides is 1. The second-order valence-electron chi connectivity index (χ2n) is 5.60. The molecular formula is C17H20N2O3S. The molecule has 0 fully saturated rings. The Bertz CT molecular complexity index is 677. The maximum Gasteiger partial charge on any atom is 0.355 e. The molecule has 0 radical (unpaired) electrons. The van der Waals surface area contributed by atoms with Gasteiger partial charge in [0.15, 0.2) is 5.69 Å². The van der Waals surface area contributed by atoms with E-state index in [2.05, 4.69) is 48.4 Å². The topological polar surface area (TPSA) is 79.3 Å². The van der Waals surface area contributed by atoms with E-state index in [4.69, 9.17) is 5.11 Å². The first-order chi connectivity index (χ1) is 11.0. The Labute approximate surface area is 139 Å². The zero-order valence-electron chi connectivity index (χ0n) is 13.2. The second kappa shape index (κ2) is 7.87. The van der Waals surface area contributed by atoms with Crippen LogP contribution in [0.1, 0.15) is 52.8 Å². The molecule has 0 saturated carbocycles. The Morgan fingerprint density at radius 3 is 2.52 bits per heavy atom. The average molecular weight is 332 g/mol. The second-order valence-corrected chi connectivity index (χ2v) is 6.55. The molecular weight excluding hydrogens is 312 g/mol. The summed E-state index contributed by atoms with van der Waals surface area (Å²) in [5, 5.41) is 13.6. The number of carboxylic acids is 1.